The van der Waals surface area contributed by atoms with Gasteiger partial charge >= 0.3 is 5.97 Å². The monoisotopic (exact) mass is 295 g/mol. The van der Waals surface area contributed by atoms with Crippen molar-refractivity contribution in [1.29, 1.82) is 0 Å². The van der Waals surface area contributed by atoms with Gasteiger partial charge in [-0.2, -0.15) is 0 Å². The number of halogens is 2. The minimum atomic E-state index is -2.75. The van der Waals surface area contributed by atoms with Crippen LogP contribution in [0.5, 0.6) is 0 Å². The second-order valence-corrected chi connectivity index (χ2v) is 5.82. The smallest absolute Gasteiger partial charge is 0.323 e. The SMILES string of the molecule is CCOC(=O)[C@@H]1[C@@H]2C[C@H](CC2(F)F)N1Cc1ccccc1. The van der Waals surface area contributed by atoms with Crippen molar-refractivity contribution < 1.29 is 18.3 Å². The molecule has 2 aliphatic rings. The molecule has 3 atom stereocenters. The second-order valence-electron chi connectivity index (χ2n) is 5.82. The Balaban J connectivity index is 1.83. The summed E-state index contributed by atoms with van der Waals surface area (Å²) in [5.74, 6) is -4.18. The van der Waals surface area contributed by atoms with Crippen molar-refractivity contribution in [2.75, 3.05) is 6.61 Å². The molecule has 1 heterocycles. The molecule has 1 aliphatic carbocycles. The molecule has 1 saturated carbocycles. The molecule has 0 amide bonds. The van der Waals surface area contributed by atoms with Crippen LogP contribution < -0.4 is 0 Å². The van der Waals surface area contributed by atoms with E-state index in [0.29, 0.717) is 13.0 Å². The number of nitrogens with zero attached hydrogens (tertiary/aromatic N) is 1. The Kier molecular flexibility index (Phi) is 3.69. The highest BCUT2D eigenvalue weighted by Crippen LogP contribution is 2.52. The molecular formula is C16H19F2NO2. The molecule has 114 valence electrons. The molecule has 2 bridgehead atoms. The van der Waals surface area contributed by atoms with E-state index in [4.69, 9.17) is 4.74 Å². The molecular weight excluding hydrogens is 276 g/mol. The predicted octanol–water partition coefficient (Wildman–Crippen LogP) is 2.85. The highest BCUT2D eigenvalue weighted by molar-refractivity contribution is 5.77. The maximum atomic E-state index is 14.0. The van der Waals surface area contributed by atoms with Crippen molar-refractivity contribution in [3.8, 4) is 0 Å². The minimum absolute atomic E-state index is 0.152. The number of benzene rings is 1. The Labute approximate surface area is 122 Å². The first-order chi connectivity index (χ1) is 10.0. The van der Waals surface area contributed by atoms with Crippen LogP contribution in [-0.2, 0) is 16.1 Å². The Morgan fingerprint density at radius 3 is 2.76 bits per heavy atom. The van der Waals surface area contributed by atoms with Gasteiger partial charge in [-0.3, -0.25) is 9.69 Å². The summed E-state index contributed by atoms with van der Waals surface area (Å²) in [5.41, 5.74) is 1.03. The van der Waals surface area contributed by atoms with Crippen molar-refractivity contribution >= 4 is 5.97 Å². The lowest BCUT2D eigenvalue weighted by Crippen LogP contribution is -2.52. The van der Waals surface area contributed by atoms with E-state index in [9.17, 15) is 13.6 Å². The van der Waals surface area contributed by atoms with Gasteiger partial charge in [0.25, 0.3) is 5.92 Å². The summed E-state index contributed by atoms with van der Waals surface area (Å²) in [7, 11) is 0. The predicted molar refractivity (Wildman–Crippen MR) is 73.9 cm³/mol. The quantitative estimate of drug-likeness (QED) is 0.800. The first-order valence-electron chi connectivity index (χ1n) is 7.37. The maximum absolute atomic E-state index is 14.0. The average molecular weight is 295 g/mol. The van der Waals surface area contributed by atoms with Gasteiger partial charge in [0.05, 0.1) is 12.5 Å². The molecule has 3 rings (SSSR count). The lowest BCUT2D eigenvalue weighted by atomic mass is 9.94. The summed E-state index contributed by atoms with van der Waals surface area (Å²) in [4.78, 5) is 14.0. The third kappa shape index (κ3) is 2.55. The third-order valence-corrected chi connectivity index (χ3v) is 4.52. The van der Waals surface area contributed by atoms with E-state index >= 15 is 0 Å². The molecule has 1 saturated heterocycles. The molecule has 0 radical (unpaired) electrons. The van der Waals surface area contributed by atoms with Crippen LogP contribution in [0.1, 0.15) is 25.3 Å². The van der Waals surface area contributed by atoms with E-state index in [-0.39, 0.29) is 19.1 Å². The zero-order valence-corrected chi connectivity index (χ0v) is 12.0. The van der Waals surface area contributed by atoms with Gasteiger partial charge in [0, 0.05) is 19.0 Å². The molecule has 0 N–H and O–H groups in total. The molecule has 0 aromatic heterocycles. The van der Waals surface area contributed by atoms with Gasteiger partial charge in [0.2, 0.25) is 0 Å². The zero-order chi connectivity index (χ0) is 15.0. The second kappa shape index (κ2) is 5.37. The number of carbonyl (C=O) groups is 1. The van der Waals surface area contributed by atoms with Gasteiger partial charge in [0.1, 0.15) is 6.04 Å². The molecule has 0 spiro atoms. The van der Waals surface area contributed by atoms with Crippen LogP contribution in [0, 0.1) is 5.92 Å². The Hall–Kier alpha value is -1.49. The molecule has 2 fully saturated rings. The maximum Gasteiger partial charge on any atom is 0.323 e. The summed E-state index contributed by atoms with van der Waals surface area (Å²) in [6.45, 7) is 2.43. The van der Waals surface area contributed by atoms with Crippen molar-refractivity contribution in [1.82, 2.24) is 4.90 Å². The highest BCUT2D eigenvalue weighted by Gasteiger charge is 2.63. The molecule has 0 unspecified atom stereocenters. The van der Waals surface area contributed by atoms with Gasteiger partial charge in [-0.1, -0.05) is 30.3 Å². The standard InChI is InChI=1S/C16H19F2NO2/c1-2-21-15(20)14-13-8-12(9-16(13,17)18)19(14)10-11-6-4-3-5-7-11/h3-7,12-14H,2,8-10H2,1H3/t12-,13+,14+/m1/s1. The lowest BCUT2D eigenvalue weighted by Gasteiger charge is -2.37. The van der Waals surface area contributed by atoms with Crippen molar-refractivity contribution in [2.45, 2.75) is 44.3 Å². The summed E-state index contributed by atoms with van der Waals surface area (Å²) < 4.78 is 33.0. The Morgan fingerprint density at radius 2 is 2.10 bits per heavy atom. The lowest BCUT2D eigenvalue weighted by molar-refractivity contribution is -0.162. The fraction of sp³-hybridized carbons (Fsp3) is 0.562. The molecule has 1 aliphatic heterocycles. The number of piperidine rings is 1. The van der Waals surface area contributed by atoms with E-state index < -0.39 is 23.9 Å². The zero-order valence-electron chi connectivity index (χ0n) is 12.0. The Morgan fingerprint density at radius 1 is 1.38 bits per heavy atom. The summed E-state index contributed by atoms with van der Waals surface area (Å²) in [5, 5.41) is 0. The van der Waals surface area contributed by atoms with Gasteiger partial charge in [0.15, 0.2) is 0 Å². The van der Waals surface area contributed by atoms with Gasteiger partial charge in [-0.15, -0.1) is 0 Å². The number of ether oxygens (including phenoxy) is 1. The van der Waals surface area contributed by atoms with Crippen LogP contribution in [-0.4, -0.2) is 35.5 Å². The summed E-state index contributed by atoms with van der Waals surface area (Å²) in [6, 6.07) is 8.59. The third-order valence-electron chi connectivity index (χ3n) is 4.52. The molecule has 1 aromatic carbocycles. The number of carbonyl (C=O) groups excluding carboxylic acids is 1. The van der Waals surface area contributed by atoms with Crippen molar-refractivity contribution in [3.05, 3.63) is 35.9 Å². The van der Waals surface area contributed by atoms with Gasteiger partial charge in [-0.25, -0.2) is 8.78 Å². The van der Waals surface area contributed by atoms with Crippen LogP contribution in [0.3, 0.4) is 0 Å². The van der Waals surface area contributed by atoms with Crippen LogP contribution in [0.2, 0.25) is 0 Å². The fourth-order valence-corrected chi connectivity index (χ4v) is 3.63. The number of alkyl halides is 2. The van der Waals surface area contributed by atoms with E-state index in [0.717, 1.165) is 5.56 Å². The number of hydrogen-bond donors (Lipinski definition) is 0. The number of rotatable bonds is 4. The first-order valence-corrected chi connectivity index (χ1v) is 7.37. The van der Waals surface area contributed by atoms with Gasteiger partial charge in [-0.05, 0) is 18.9 Å². The molecule has 1 aromatic rings. The normalized spacial score (nSPS) is 30.5. The highest BCUT2D eigenvalue weighted by atomic mass is 19.3. The molecule has 3 nitrogen and oxygen atoms in total. The molecule has 5 heteroatoms. The molecule has 21 heavy (non-hydrogen) atoms. The average Bonchev–Trinajstić information content (AvgIpc) is 2.93. The van der Waals surface area contributed by atoms with Crippen LogP contribution >= 0.6 is 0 Å². The van der Waals surface area contributed by atoms with E-state index in [2.05, 4.69) is 0 Å². The van der Waals surface area contributed by atoms with Gasteiger partial charge < -0.3 is 4.74 Å². The summed E-state index contributed by atoms with van der Waals surface area (Å²) in [6.07, 6.45) is 0.226. The summed E-state index contributed by atoms with van der Waals surface area (Å²) >= 11 is 0. The van der Waals surface area contributed by atoms with Crippen molar-refractivity contribution in [2.24, 2.45) is 5.92 Å². The number of likely N-dealkylation sites (tertiary alicyclic amines) is 1. The minimum Gasteiger partial charge on any atom is -0.465 e. The van der Waals surface area contributed by atoms with Crippen LogP contribution in [0.4, 0.5) is 8.78 Å². The topological polar surface area (TPSA) is 29.5 Å². The Bertz CT molecular complexity index is 520. The number of fused-ring (bicyclic) bond motifs is 2. The largest absolute Gasteiger partial charge is 0.465 e. The van der Waals surface area contributed by atoms with E-state index in [1.807, 2.05) is 35.2 Å². The van der Waals surface area contributed by atoms with E-state index in [1.165, 1.54) is 0 Å². The number of esters is 1. The van der Waals surface area contributed by atoms with Crippen molar-refractivity contribution in [3.63, 3.8) is 0 Å². The first kappa shape index (κ1) is 14.4. The fourth-order valence-electron chi connectivity index (χ4n) is 3.63. The van der Waals surface area contributed by atoms with E-state index in [1.54, 1.807) is 6.92 Å². The number of hydrogen-bond acceptors (Lipinski definition) is 3. The van der Waals surface area contributed by atoms with Crippen LogP contribution in [0.25, 0.3) is 0 Å². The van der Waals surface area contributed by atoms with Crippen LogP contribution in [0.15, 0.2) is 30.3 Å².